The van der Waals surface area contributed by atoms with Gasteiger partial charge in [0.25, 0.3) is 0 Å². The third kappa shape index (κ3) is 3.97. The van der Waals surface area contributed by atoms with E-state index in [1.54, 1.807) is 0 Å². The summed E-state index contributed by atoms with van der Waals surface area (Å²) in [5, 5.41) is 9.20. The molecule has 0 aromatic heterocycles. The lowest BCUT2D eigenvalue weighted by atomic mass is 10.0. The number of aliphatic hydroxyl groups is 1. The smallest absolute Gasteiger partial charge is 0.136 e. The van der Waals surface area contributed by atoms with E-state index in [0.717, 1.165) is 50.7 Å². The lowest BCUT2D eigenvalue weighted by molar-refractivity contribution is 0.148. The molecule has 1 fully saturated rings. The van der Waals surface area contributed by atoms with Crippen molar-refractivity contribution in [3.8, 4) is 0 Å². The van der Waals surface area contributed by atoms with Gasteiger partial charge in [-0.1, -0.05) is 54.1 Å². The Balaban J connectivity index is 1.70. The molecule has 27 heavy (non-hydrogen) atoms. The Hall–Kier alpha value is -2.43. The lowest BCUT2D eigenvalue weighted by Gasteiger charge is -2.36. The number of allylic oxidation sites excluding steroid dienone is 1. The summed E-state index contributed by atoms with van der Waals surface area (Å²) in [5.41, 5.74) is 6.09. The summed E-state index contributed by atoms with van der Waals surface area (Å²) in [4.78, 5) is 9.86. The summed E-state index contributed by atoms with van der Waals surface area (Å²) >= 11 is 0. The summed E-state index contributed by atoms with van der Waals surface area (Å²) in [6.07, 6.45) is 3.23. The molecule has 0 spiro atoms. The van der Waals surface area contributed by atoms with Crippen LogP contribution in [-0.4, -0.2) is 60.1 Å². The second-order valence-electron chi connectivity index (χ2n) is 7.31. The summed E-state index contributed by atoms with van der Waals surface area (Å²) in [6, 6.07) is 17.1. The van der Waals surface area contributed by atoms with Gasteiger partial charge in [0.15, 0.2) is 0 Å². The predicted molar refractivity (Wildman–Crippen MR) is 111 cm³/mol. The van der Waals surface area contributed by atoms with E-state index in [0.29, 0.717) is 0 Å². The molecule has 0 amide bonds. The topological polar surface area (TPSA) is 39.1 Å². The van der Waals surface area contributed by atoms with Crippen molar-refractivity contribution in [2.75, 3.05) is 39.3 Å². The monoisotopic (exact) mass is 361 g/mol. The Morgan fingerprint density at radius 1 is 1.00 bits per heavy atom. The molecule has 0 saturated carbocycles. The first-order valence-corrected chi connectivity index (χ1v) is 9.77. The molecule has 2 aromatic carbocycles. The number of fused-ring (bicyclic) bond motifs is 1. The molecule has 1 saturated heterocycles. The Morgan fingerprint density at radius 2 is 1.78 bits per heavy atom. The highest BCUT2D eigenvalue weighted by atomic mass is 16.3. The van der Waals surface area contributed by atoms with Crippen molar-refractivity contribution in [2.24, 2.45) is 4.99 Å². The van der Waals surface area contributed by atoms with Gasteiger partial charge in [0.1, 0.15) is 5.84 Å². The lowest BCUT2D eigenvalue weighted by Crippen LogP contribution is -2.49. The molecule has 140 valence electrons. The van der Waals surface area contributed by atoms with E-state index in [1.807, 2.05) is 0 Å². The zero-order valence-corrected chi connectivity index (χ0v) is 15.9. The van der Waals surface area contributed by atoms with Crippen LogP contribution in [0, 0.1) is 6.92 Å². The van der Waals surface area contributed by atoms with Gasteiger partial charge in [-0.05, 0) is 30.5 Å². The fourth-order valence-corrected chi connectivity index (χ4v) is 3.89. The van der Waals surface area contributed by atoms with Gasteiger partial charge in [0.2, 0.25) is 0 Å². The zero-order chi connectivity index (χ0) is 18.6. The first kappa shape index (κ1) is 18.0. The highest BCUT2D eigenvalue weighted by Crippen LogP contribution is 2.30. The van der Waals surface area contributed by atoms with Crippen molar-refractivity contribution in [1.82, 2.24) is 9.80 Å². The summed E-state index contributed by atoms with van der Waals surface area (Å²) in [6.45, 7) is 6.91. The molecule has 4 heteroatoms. The van der Waals surface area contributed by atoms with E-state index in [4.69, 9.17) is 4.99 Å². The SMILES string of the molecule is Cc1ccc2c(c1)CC=C(c1ccccc1)C(N1CCN(CCO)CC1)=N2. The first-order chi connectivity index (χ1) is 13.2. The molecule has 2 aliphatic heterocycles. The normalized spacial score (nSPS) is 17.8. The molecule has 0 bridgehead atoms. The van der Waals surface area contributed by atoms with Gasteiger partial charge in [-0.25, -0.2) is 4.99 Å². The molecule has 0 aliphatic carbocycles. The van der Waals surface area contributed by atoms with E-state index < -0.39 is 0 Å². The maximum absolute atomic E-state index is 9.20. The Kier molecular flexibility index (Phi) is 5.37. The van der Waals surface area contributed by atoms with Crippen LogP contribution < -0.4 is 0 Å². The highest BCUT2D eigenvalue weighted by molar-refractivity contribution is 6.23. The van der Waals surface area contributed by atoms with Gasteiger partial charge in [-0.3, -0.25) is 4.90 Å². The van der Waals surface area contributed by atoms with Crippen LogP contribution in [0.5, 0.6) is 0 Å². The molecular weight excluding hydrogens is 334 g/mol. The summed E-state index contributed by atoms with van der Waals surface area (Å²) in [7, 11) is 0. The fraction of sp³-hybridized carbons (Fsp3) is 0.348. The Bertz CT molecular complexity index is 849. The van der Waals surface area contributed by atoms with Crippen LogP contribution in [-0.2, 0) is 6.42 Å². The van der Waals surface area contributed by atoms with Crippen LogP contribution in [0.15, 0.2) is 59.6 Å². The summed E-state index contributed by atoms with van der Waals surface area (Å²) < 4.78 is 0. The Morgan fingerprint density at radius 3 is 2.52 bits per heavy atom. The van der Waals surface area contributed by atoms with Crippen LogP contribution in [0.4, 0.5) is 5.69 Å². The molecule has 0 unspecified atom stereocenters. The van der Waals surface area contributed by atoms with E-state index in [1.165, 1.54) is 22.3 Å². The van der Waals surface area contributed by atoms with E-state index in [9.17, 15) is 5.11 Å². The molecule has 0 atom stereocenters. The molecule has 1 N–H and O–H groups in total. The largest absolute Gasteiger partial charge is 0.395 e. The van der Waals surface area contributed by atoms with E-state index in [2.05, 4.69) is 71.3 Å². The number of amidine groups is 1. The number of hydrogen-bond acceptors (Lipinski definition) is 4. The van der Waals surface area contributed by atoms with Crippen molar-refractivity contribution in [3.05, 3.63) is 71.3 Å². The van der Waals surface area contributed by atoms with E-state index in [-0.39, 0.29) is 6.61 Å². The van der Waals surface area contributed by atoms with Gasteiger partial charge >= 0.3 is 0 Å². The first-order valence-electron chi connectivity index (χ1n) is 9.77. The third-order valence-electron chi connectivity index (χ3n) is 5.40. The van der Waals surface area contributed by atoms with Crippen molar-refractivity contribution in [2.45, 2.75) is 13.3 Å². The number of rotatable bonds is 3. The van der Waals surface area contributed by atoms with Crippen LogP contribution >= 0.6 is 0 Å². The average molecular weight is 361 g/mol. The van der Waals surface area contributed by atoms with Crippen molar-refractivity contribution < 1.29 is 5.11 Å². The van der Waals surface area contributed by atoms with Crippen LogP contribution in [0.1, 0.15) is 16.7 Å². The molecule has 2 aromatic rings. The number of hydrogen-bond donors (Lipinski definition) is 1. The van der Waals surface area contributed by atoms with Crippen molar-refractivity contribution in [1.29, 1.82) is 0 Å². The highest BCUT2D eigenvalue weighted by Gasteiger charge is 2.24. The minimum absolute atomic E-state index is 0.225. The van der Waals surface area contributed by atoms with Crippen molar-refractivity contribution in [3.63, 3.8) is 0 Å². The number of aliphatic hydroxyl groups excluding tert-OH is 1. The van der Waals surface area contributed by atoms with Gasteiger partial charge in [-0.15, -0.1) is 0 Å². The number of aryl methyl sites for hydroxylation is 1. The van der Waals surface area contributed by atoms with Crippen LogP contribution in [0.2, 0.25) is 0 Å². The maximum atomic E-state index is 9.20. The fourth-order valence-electron chi connectivity index (χ4n) is 3.89. The number of aliphatic imine (C=N–C) groups is 1. The molecule has 4 nitrogen and oxygen atoms in total. The Labute approximate surface area is 161 Å². The third-order valence-corrected chi connectivity index (χ3v) is 5.40. The minimum Gasteiger partial charge on any atom is -0.395 e. The number of β-amino-alcohol motifs (C(OH)–C–C–N with tert-alkyl or cyclic N) is 1. The molecular formula is C23H27N3O. The van der Waals surface area contributed by atoms with E-state index >= 15 is 0 Å². The van der Waals surface area contributed by atoms with Gasteiger partial charge in [0.05, 0.1) is 12.3 Å². The maximum Gasteiger partial charge on any atom is 0.136 e. The van der Waals surface area contributed by atoms with Gasteiger partial charge < -0.3 is 10.0 Å². The predicted octanol–water partition coefficient (Wildman–Crippen LogP) is 3.27. The van der Waals surface area contributed by atoms with Crippen molar-refractivity contribution >= 4 is 17.1 Å². The number of benzene rings is 2. The molecule has 2 heterocycles. The molecule has 0 radical (unpaired) electrons. The van der Waals surface area contributed by atoms with Gasteiger partial charge in [-0.2, -0.15) is 0 Å². The van der Waals surface area contributed by atoms with Crippen LogP contribution in [0.3, 0.4) is 0 Å². The van der Waals surface area contributed by atoms with Crippen LogP contribution in [0.25, 0.3) is 5.57 Å². The quantitative estimate of drug-likeness (QED) is 0.912. The second-order valence-corrected chi connectivity index (χ2v) is 7.31. The standard InChI is InChI=1S/C23H27N3O/c1-18-7-10-22-20(17-18)8-9-21(19-5-3-2-4-6-19)23(24-22)26-13-11-25(12-14-26)15-16-27/h2-7,9-10,17,27H,8,11-16H2,1H3. The molecule has 2 aliphatic rings. The molecule has 4 rings (SSSR count). The number of nitrogens with zero attached hydrogens (tertiary/aromatic N) is 3. The average Bonchev–Trinajstić information content (AvgIpc) is 2.89. The zero-order valence-electron chi connectivity index (χ0n) is 15.9. The minimum atomic E-state index is 0.225. The van der Waals surface area contributed by atoms with Gasteiger partial charge in [0, 0.05) is 38.3 Å². The summed E-state index contributed by atoms with van der Waals surface area (Å²) in [5.74, 6) is 1.08. The number of piperazine rings is 1. The second kappa shape index (κ2) is 8.07.